The Balaban J connectivity index is 1.75. The van der Waals surface area contributed by atoms with Crippen molar-refractivity contribution in [3.8, 4) is 5.75 Å². The van der Waals surface area contributed by atoms with Gasteiger partial charge in [-0.1, -0.05) is 24.3 Å². The number of para-hydroxylation sites is 1. The van der Waals surface area contributed by atoms with Crippen molar-refractivity contribution in [3.05, 3.63) is 58.1 Å². The number of ether oxygens (including phenoxy) is 1. The Morgan fingerprint density at radius 1 is 1.26 bits per heavy atom. The van der Waals surface area contributed by atoms with Gasteiger partial charge in [0.2, 0.25) is 5.91 Å². The molecule has 9 heteroatoms. The number of fused-ring (bicyclic) bond motifs is 3. The van der Waals surface area contributed by atoms with E-state index < -0.39 is 18.0 Å². The van der Waals surface area contributed by atoms with Crippen molar-refractivity contribution in [3.63, 3.8) is 0 Å². The highest BCUT2D eigenvalue weighted by Gasteiger charge is 2.41. The number of hydrogen-bond acceptors (Lipinski definition) is 4. The number of nitrogens with zero attached hydrogens (tertiary/aromatic N) is 2. The van der Waals surface area contributed by atoms with Crippen LogP contribution in [0.1, 0.15) is 30.0 Å². The minimum Gasteiger partial charge on any atom is -0.496 e. The predicted molar refractivity (Wildman–Crippen MR) is 118 cm³/mol. The summed E-state index contributed by atoms with van der Waals surface area (Å²) in [6, 6.07) is 12.0. The van der Waals surface area contributed by atoms with Crippen LogP contribution in [-0.2, 0) is 9.59 Å². The first kappa shape index (κ1) is 21.0. The first-order valence-electron chi connectivity index (χ1n) is 9.73. The lowest BCUT2D eigenvalue weighted by atomic mass is 9.81. The number of carbonyl (C=O) groups excluding carboxylic acids is 2. The summed E-state index contributed by atoms with van der Waals surface area (Å²) in [5.41, 5.74) is 2.81. The molecule has 31 heavy (non-hydrogen) atoms. The average molecular weight is 486 g/mol. The number of carboxylic acids is 1. The quantitative estimate of drug-likeness (QED) is 0.673. The summed E-state index contributed by atoms with van der Waals surface area (Å²) in [7, 11) is 1.57. The molecule has 2 aliphatic heterocycles. The molecular weight excluding hydrogens is 466 g/mol. The third kappa shape index (κ3) is 4.05. The van der Waals surface area contributed by atoms with Crippen LogP contribution in [0.5, 0.6) is 5.75 Å². The van der Waals surface area contributed by atoms with Crippen LogP contribution >= 0.6 is 15.9 Å². The van der Waals surface area contributed by atoms with Crippen molar-refractivity contribution in [2.24, 2.45) is 10.9 Å². The maximum absolute atomic E-state index is 12.9. The van der Waals surface area contributed by atoms with E-state index in [0.29, 0.717) is 22.7 Å². The molecule has 0 saturated heterocycles. The Morgan fingerprint density at radius 3 is 2.74 bits per heavy atom. The van der Waals surface area contributed by atoms with E-state index in [4.69, 9.17) is 9.84 Å². The molecule has 0 radical (unpaired) electrons. The fraction of sp³-hybridized carbons (Fsp3) is 0.273. The maximum Gasteiger partial charge on any atom is 0.341 e. The van der Waals surface area contributed by atoms with Crippen LogP contribution in [0.3, 0.4) is 0 Å². The zero-order valence-electron chi connectivity index (χ0n) is 16.7. The standard InChI is InChI=1S/C22H20BrN3O5/c1-31-17-7-6-12(10-15(17)23)20-14-11-26(18(27)8-9-19(28)29)16-5-3-2-4-13(16)21(14)25-22(30)24-20/h2-7,10,14,20H,8-9,11H2,1H3,(H,24,30)(H,28,29). The fourth-order valence-corrected chi connectivity index (χ4v) is 4.62. The molecule has 2 aromatic rings. The summed E-state index contributed by atoms with van der Waals surface area (Å²) in [4.78, 5) is 42.1. The van der Waals surface area contributed by atoms with Crippen LogP contribution in [0, 0.1) is 5.92 Å². The first-order valence-corrected chi connectivity index (χ1v) is 10.5. The summed E-state index contributed by atoms with van der Waals surface area (Å²) in [5, 5.41) is 11.9. The number of anilines is 1. The number of aliphatic imine (C=N–C) groups is 1. The number of halogens is 1. The third-order valence-corrected chi connectivity index (χ3v) is 6.11. The minimum atomic E-state index is -1.02. The minimum absolute atomic E-state index is 0.103. The smallest absolute Gasteiger partial charge is 0.341 e. The van der Waals surface area contributed by atoms with Gasteiger partial charge >= 0.3 is 12.0 Å². The van der Waals surface area contributed by atoms with Gasteiger partial charge in [0.15, 0.2) is 0 Å². The van der Waals surface area contributed by atoms with Gasteiger partial charge in [0, 0.05) is 24.4 Å². The van der Waals surface area contributed by atoms with Crippen LogP contribution in [-0.4, -0.2) is 42.4 Å². The molecule has 0 aromatic heterocycles. The van der Waals surface area contributed by atoms with Crippen LogP contribution in [0.4, 0.5) is 10.5 Å². The van der Waals surface area contributed by atoms with Crippen LogP contribution in [0.15, 0.2) is 51.9 Å². The van der Waals surface area contributed by atoms with Crippen LogP contribution < -0.4 is 15.0 Å². The number of urea groups is 1. The van der Waals surface area contributed by atoms with Crippen LogP contribution in [0.2, 0.25) is 0 Å². The van der Waals surface area contributed by atoms with E-state index in [1.807, 2.05) is 30.3 Å². The summed E-state index contributed by atoms with van der Waals surface area (Å²) >= 11 is 3.48. The average Bonchev–Trinajstić information content (AvgIpc) is 2.76. The van der Waals surface area contributed by atoms with Crippen molar-refractivity contribution in [1.82, 2.24) is 5.32 Å². The Kier molecular flexibility index (Phi) is 5.77. The van der Waals surface area contributed by atoms with Gasteiger partial charge in [-0.25, -0.2) is 4.79 Å². The Hall–Kier alpha value is -3.20. The van der Waals surface area contributed by atoms with Gasteiger partial charge in [-0.15, -0.1) is 0 Å². The van der Waals surface area contributed by atoms with Gasteiger partial charge in [-0.3, -0.25) is 9.59 Å². The molecule has 2 heterocycles. The maximum atomic E-state index is 12.9. The van der Waals surface area contributed by atoms with E-state index in [1.165, 1.54) is 0 Å². The highest BCUT2D eigenvalue weighted by molar-refractivity contribution is 9.10. The Morgan fingerprint density at radius 2 is 2.03 bits per heavy atom. The van der Waals surface area contributed by atoms with Crippen LogP contribution in [0.25, 0.3) is 0 Å². The van der Waals surface area contributed by atoms with E-state index >= 15 is 0 Å². The summed E-state index contributed by atoms with van der Waals surface area (Å²) < 4.78 is 6.04. The van der Waals surface area contributed by atoms with E-state index in [0.717, 1.165) is 10.0 Å². The molecule has 0 saturated carbocycles. The molecule has 0 spiro atoms. The van der Waals surface area contributed by atoms with Crippen molar-refractivity contribution >= 4 is 45.2 Å². The largest absolute Gasteiger partial charge is 0.496 e. The number of benzene rings is 2. The van der Waals surface area contributed by atoms with Gasteiger partial charge in [0.1, 0.15) is 5.75 Å². The summed E-state index contributed by atoms with van der Waals surface area (Å²) in [6.07, 6.45) is -0.345. The topological polar surface area (TPSA) is 108 Å². The second kappa shape index (κ2) is 8.50. The molecule has 0 fully saturated rings. The Labute approximate surface area is 187 Å². The molecule has 160 valence electrons. The summed E-state index contributed by atoms with van der Waals surface area (Å²) in [5.74, 6) is -0.923. The van der Waals surface area contributed by atoms with E-state index in [-0.39, 0.29) is 31.2 Å². The third-order valence-electron chi connectivity index (χ3n) is 5.49. The van der Waals surface area contributed by atoms with Gasteiger partial charge in [0.05, 0.1) is 35.4 Å². The second-order valence-corrected chi connectivity index (χ2v) is 8.19. The summed E-state index contributed by atoms with van der Waals surface area (Å²) in [6.45, 7) is 0.281. The van der Waals surface area contributed by atoms with Gasteiger partial charge in [-0.05, 0) is 39.7 Å². The molecule has 2 N–H and O–H groups in total. The number of carboxylic acid groups (broad SMARTS) is 1. The second-order valence-electron chi connectivity index (χ2n) is 7.34. The number of rotatable bonds is 5. The Bertz CT molecular complexity index is 1100. The highest BCUT2D eigenvalue weighted by atomic mass is 79.9. The normalized spacial score (nSPS) is 19.6. The molecule has 0 bridgehead atoms. The molecule has 2 aromatic carbocycles. The SMILES string of the molecule is COc1ccc(C2NC(=O)N=C3c4ccccc4N(C(=O)CCC(=O)O)CC32)cc1Br. The monoisotopic (exact) mass is 485 g/mol. The molecule has 4 rings (SSSR count). The van der Waals surface area contributed by atoms with Crippen molar-refractivity contribution in [2.75, 3.05) is 18.6 Å². The number of nitrogens with one attached hydrogen (secondary N) is 1. The number of aliphatic carboxylic acids is 1. The number of carbonyl (C=O) groups is 3. The lowest BCUT2D eigenvalue weighted by Gasteiger charge is -2.41. The van der Waals surface area contributed by atoms with E-state index in [1.54, 1.807) is 24.1 Å². The molecule has 8 nitrogen and oxygen atoms in total. The zero-order chi connectivity index (χ0) is 22.1. The predicted octanol–water partition coefficient (Wildman–Crippen LogP) is 3.54. The molecule has 0 aliphatic carbocycles. The molecular formula is C22H20BrN3O5. The molecule has 2 atom stereocenters. The first-order chi connectivity index (χ1) is 14.9. The van der Waals surface area contributed by atoms with Crippen molar-refractivity contribution in [1.29, 1.82) is 0 Å². The fourth-order valence-electron chi connectivity index (χ4n) is 4.07. The lowest BCUT2D eigenvalue weighted by Crippen LogP contribution is -2.51. The van der Waals surface area contributed by atoms with E-state index in [2.05, 4.69) is 26.2 Å². The number of methoxy groups -OCH3 is 1. The van der Waals surface area contributed by atoms with Crippen molar-refractivity contribution < 1.29 is 24.2 Å². The zero-order valence-corrected chi connectivity index (χ0v) is 18.3. The van der Waals surface area contributed by atoms with Gasteiger partial charge in [0.25, 0.3) is 0 Å². The highest BCUT2D eigenvalue weighted by Crippen LogP contribution is 2.39. The number of hydrogen-bond donors (Lipinski definition) is 2. The van der Waals surface area contributed by atoms with Gasteiger partial charge < -0.3 is 20.1 Å². The van der Waals surface area contributed by atoms with E-state index in [9.17, 15) is 14.4 Å². The number of amides is 3. The van der Waals surface area contributed by atoms with Crippen molar-refractivity contribution in [2.45, 2.75) is 18.9 Å². The molecule has 2 aliphatic rings. The van der Waals surface area contributed by atoms with Gasteiger partial charge in [-0.2, -0.15) is 4.99 Å². The molecule has 3 amide bonds. The lowest BCUT2D eigenvalue weighted by molar-refractivity contribution is -0.138. The molecule has 2 unspecified atom stereocenters.